The lowest BCUT2D eigenvalue weighted by molar-refractivity contribution is -0.139. The molecule has 2 rings (SSSR count). The molecule has 0 saturated carbocycles. The number of aryl methyl sites for hydroxylation is 3. The summed E-state index contributed by atoms with van der Waals surface area (Å²) < 4.78 is 32.9. The molecule has 1 aromatic heterocycles. The number of nitrogens with one attached hydrogen (secondary N) is 1. The van der Waals surface area contributed by atoms with Crippen LogP contribution in [0.3, 0.4) is 0 Å². The molecule has 0 spiro atoms. The Hall–Kier alpha value is -2.03. The Morgan fingerprint density at radius 2 is 1.66 bits per heavy atom. The number of sulfonamides is 1. The molecule has 1 N–H and O–H groups in total. The van der Waals surface area contributed by atoms with E-state index in [1.807, 2.05) is 26.8 Å². The van der Waals surface area contributed by atoms with E-state index in [0.717, 1.165) is 34.4 Å². The largest absolute Gasteiger partial charge is 0.468 e. The van der Waals surface area contributed by atoms with Crippen LogP contribution in [0.25, 0.3) is 0 Å². The molecule has 0 saturated heterocycles. The smallest absolute Gasteiger partial charge is 0.320 e. The first kappa shape index (κ1) is 29.2. The number of rotatable bonds is 11. The van der Waals surface area contributed by atoms with E-state index in [1.165, 1.54) is 18.4 Å². The molecule has 0 aliphatic rings. The number of hydrogen-bond donors (Lipinski definition) is 1. The molecule has 6 nitrogen and oxygen atoms in total. The highest BCUT2D eigenvalue weighted by Gasteiger charge is 2.35. The number of ether oxygens (including phenoxy) is 1. The Morgan fingerprint density at radius 1 is 1.03 bits per heavy atom. The predicted molar refractivity (Wildman–Crippen MR) is 142 cm³/mol. The van der Waals surface area contributed by atoms with Gasteiger partial charge in [0.05, 0.1) is 7.11 Å². The molecule has 0 radical (unpaired) electrons. The minimum absolute atomic E-state index is 0.219. The van der Waals surface area contributed by atoms with Crippen LogP contribution in [-0.4, -0.2) is 33.8 Å². The van der Waals surface area contributed by atoms with Crippen molar-refractivity contribution in [3.8, 4) is 0 Å². The number of hydrogen-bond acceptors (Lipinski definition) is 6. The van der Waals surface area contributed by atoms with Crippen LogP contribution in [0.2, 0.25) is 0 Å². The maximum absolute atomic E-state index is 12.9. The third-order valence-corrected chi connectivity index (χ3v) is 10.3. The third-order valence-electron chi connectivity index (χ3n) is 6.78. The summed E-state index contributed by atoms with van der Waals surface area (Å²) in [6.45, 7) is 13.5. The number of thiophene rings is 1. The predicted octanol–water partition coefficient (Wildman–Crippen LogP) is 5.47. The van der Waals surface area contributed by atoms with E-state index in [-0.39, 0.29) is 20.8 Å². The van der Waals surface area contributed by atoms with Gasteiger partial charge in [0.25, 0.3) is 10.0 Å². The van der Waals surface area contributed by atoms with Gasteiger partial charge in [0.2, 0.25) is 0 Å². The van der Waals surface area contributed by atoms with Gasteiger partial charge in [0.1, 0.15) is 16.5 Å². The highest BCUT2D eigenvalue weighted by Crippen LogP contribution is 2.44. The highest BCUT2D eigenvalue weighted by atomic mass is 32.2. The van der Waals surface area contributed by atoms with E-state index in [9.17, 15) is 18.0 Å². The van der Waals surface area contributed by atoms with E-state index >= 15 is 0 Å². The standard InChI is InChI=1S/C27H39NO5S2/c1-9-27(10-2,21-13-11-20(18(3)15-21)12-14-22(29)26(5,6)7)23-16-19(4)25(34-23)35(31,32)28-17-24(30)33-8/h11,13,15-16,28H,9-10,12,14,17H2,1-8H3. The SMILES string of the molecule is CCC(CC)(c1ccc(CCC(=O)C(C)(C)C)c(C)c1)c1cc(C)c(S(=O)(=O)NCC(=O)OC)s1. The van der Waals surface area contributed by atoms with Crippen molar-refractivity contribution in [3.63, 3.8) is 0 Å². The summed E-state index contributed by atoms with van der Waals surface area (Å²) in [5.74, 6) is -0.389. The molecule has 2 aromatic rings. The first-order valence-corrected chi connectivity index (χ1v) is 14.3. The summed E-state index contributed by atoms with van der Waals surface area (Å²) >= 11 is 1.26. The minimum Gasteiger partial charge on any atom is -0.468 e. The molecular formula is C27H39NO5S2. The van der Waals surface area contributed by atoms with Crippen LogP contribution in [0.5, 0.6) is 0 Å². The Labute approximate surface area is 214 Å². The zero-order valence-corrected chi connectivity index (χ0v) is 23.8. The van der Waals surface area contributed by atoms with Crippen molar-refractivity contribution in [2.24, 2.45) is 5.41 Å². The average Bonchev–Trinajstić information content (AvgIpc) is 3.20. The van der Waals surface area contributed by atoms with Crippen molar-refractivity contribution in [3.05, 3.63) is 51.4 Å². The van der Waals surface area contributed by atoms with E-state index in [1.54, 1.807) is 6.92 Å². The quantitative estimate of drug-likeness (QED) is 0.396. The van der Waals surface area contributed by atoms with Crippen molar-refractivity contribution in [1.29, 1.82) is 0 Å². The second-order valence-electron chi connectivity index (χ2n) is 10.1. The Bertz CT molecular complexity index is 1170. The molecule has 35 heavy (non-hydrogen) atoms. The van der Waals surface area contributed by atoms with E-state index in [0.29, 0.717) is 18.4 Å². The number of benzene rings is 1. The van der Waals surface area contributed by atoms with Crippen LogP contribution in [0.15, 0.2) is 28.5 Å². The number of ketones is 1. The molecule has 0 unspecified atom stereocenters. The van der Waals surface area contributed by atoms with Crippen molar-refractivity contribution < 1.29 is 22.7 Å². The van der Waals surface area contributed by atoms with Crippen molar-refractivity contribution in [1.82, 2.24) is 4.72 Å². The van der Waals surface area contributed by atoms with Gasteiger partial charge in [-0.05, 0) is 61.4 Å². The summed E-state index contributed by atoms with van der Waals surface area (Å²) in [5.41, 5.74) is 3.41. The summed E-state index contributed by atoms with van der Waals surface area (Å²) in [6.07, 6.45) is 2.83. The summed E-state index contributed by atoms with van der Waals surface area (Å²) in [6, 6.07) is 8.37. The summed E-state index contributed by atoms with van der Waals surface area (Å²) in [7, 11) is -2.62. The van der Waals surface area contributed by atoms with Gasteiger partial charge in [-0.1, -0.05) is 52.8 Å². The molecule has 0 bridgehead atoms. The summed E-state index contributed by atoms with van der Waals surface area (Å²) in [4.78, 5) is 24.8. The zero-order valence-electron chi connectivity index (χ0n) is 22.2. The molecule has 0 fully saturated rings. The van der Waals surface area contributed by atoms with E-state index < -0.39 is 22.5 Å². The lowest BCUT2D eigenvalue weighted by atomic mass is 9.73. The second kappa shape index (κ2) is 11.4. The maximum atomic E-state index is 12.9. The van der Waals surface area contributed by atoms with Crippen LogP contribution in [-0.2, 0) is 36.2 Å². The number of carbonyl (C=O) groups is 2. The lowest BCUT2D eigenvalue weighted by Gasteiger charge is -2.32. The monoisotopic (exact) mass is 521 g/mol. The van der Waals surface area contributed by atoms with Crippen molar-refractivity contribution in [2.45, 2.75) is 83.8 Å². The Kier molecular flexibility index (Phi) is 9.47. The van der Waals surface area contributed by atoms with Gasteiger partial charge in [0, 0.05) is 22.1 Å². The number of Topliss-reactive ketones (excluding diaryl/α,β-unsaturated/α-hetero) is 1. The zero-order chi connectivity index (χ0) is 26.6. The fourth-order valence-electron chi connectivity index (χ4n) is 4.31. The highest BCUT2D eigenvalue weighted by molar-refractivity contribution is 7.91. The molecule has 0 aliphatic heterocycles. The number of carbonyl (C=O) groups excluding carboxylic acids is 2. The molecule has 194 valence electrons. The second-order valence-corrected chi connectivity index (χ2v) is 13.1. The Morgan fingerprint density at radius 3 is 2.17 bits per heavy atom. The third kappa shape index (κ3) is 6.60. The van der Waals surface area contributed by atoms with Crippen LogP contribution in [0, 0.1) is 19.3 Å². The minimum atomic E-state index is -3.84. The molecular weight excluding hydrogens is 482 g/mol. The normalized spacial score (nSPS) is 12.6. The van der Waals surface area contributed by atoms with Gasteiger partial charge in [-0.15, -0.1) is 11.3 Å². The maximum Gasteiger partial charge on any atom is 0.320 e. The van der Waals surface area contributed by atoms with E-state index in [4.69, 9.17) is 0 Å². The van der Waals surface area contributed by atoms with Crippen molar-refractivity contribution >= 4 is 33.1 Å². The molecule has 1 heterocycles. The molecule has 0 aliphatic carbocycles. The van der Waals surface area contributed by atoms with Gasteiger partial charge in [-0.2, -0.15) is 4.72 Å². The van der Waals surface area contributed by atoms with Gasteiger partial charge in [0.15, 0.2) is 0 Å². The lowest BCUT2D eigenvalue weighted by Crippen LogP contribution is -2.30. The average molecular weight is 522 g/mol. The first-order valence-electron chi connectivity index (χ1n) is 12.0. The fraction of sp³-hybridized carbons (Fsp3) is 0.556. The van der Waals surface area contributed by atoms with Gasteiger partial charge < -0.3 is 4.74 Å². The van der Waals surface area contributed by atoms with Gasteiger partial charge >= 0.3 is 5.97 Å². The molecule has 1 aromatic carbocycles. The molecule has 0 atom stereocenters. The van der Waals surface area contributed by atoms with Crippen LogP contribution >= 0.6 is 11.3 Å². The van der Waals surface area contributed by atoms with Crippen LogP contribution < -0.4 is 4.72 Å². The van der Waals surface area contributed by atoms with E-state index in [2.05, 4.69) is 48.4 Å². The topological polar surface area (TPSA) is 89.5 Å². The number of esters is 1. The summed E-state index contributed by atoms with van der Waals surface area (Å²) in [5, 5.41) is 0. The molecule has 0 amide bonds. The first-order chi connectivity index (χ1) is 16.2. The van der Waals surface area contributed by atoms with Crippen LogP contribution in [0.4, 0.5) is 0 Å². The fourth-order valence-corrected chi connectivity index (χ4v) is 7.37. The molecule has 8 heteroatoms. The van der Waals surface area contributed by atoms with Crippen molar-refractivity contribution in [2.75, 3.05) is 13.7 Å². The van der Waals surface area contributed by atoms with Crippen LogP contribution in [0.1, 0.15) is 81.0 Å². The van der Waals surface area contributed by atoms with Gasteiger partial charge in [-0.3, -0.25) is 9.59 Å². The van der Waals surface area contributed by atoms with Gasteiger partial charge in [-0.25, -0.2) is 8.42 Å². The number of methoxy groups -OCH3 is 1. The Balaban J connectivity index is 2.41.